The van der Waals surface area contributed by atoms with Crippen LogP contribution in [0, 0.1) is 0 Å². The number of rotatable bonds is 7. The molecule has 0 fully saturated rings. The quantitative estimate of drug-likeness (QED) is 0.383. The number of aromatic nitrogens is 3. The number of nitrogens with zero attached hydrogens (tertiary/aromatic N) is 4. The molecule has 30 heavy (non-hydrogen) atoms. The number of carbonyl (C=O) groups is 1. The highest BCUT2D eigenvalue weighted by Crippen LogP contribution is 2.25. The first-order valence-electron chi connectivity index (χ1n) is 9.27. The minimum Gasteiger partial charge on any atom is -0.459 e. The molecule has 152 valence electrons. The molecule has 0 saturated carbocycles. The van der Waals surface area contributed by atoms with E-state index >= 15 is 0 Å². The lowest BCUT2D eigenvalue weighted by Crippen LogP contribution is -2.27. The first kappa shape index (κ1) is 20.3. The molecule has 4 aromatic rings. The molecule has 0 N–H and O–H groups in total. The van der Waals surface area contributed by atoms with Gasteiger partial charge in [0.15, 0.2) is 5.16 Å². The zero-order valence-corrected chi connectivity index (χ0v) is 17.8. The second-order valence-corrected chi connectivity index (χ2v) is 8.01. The molecule has 6 nitrogen and oxygen atoms in total. The number of hydrogen-bond donors (Lipinski definition) is 0. The van der Waals surface area contributed by atoms with E-state index in [0.29, 0.717) is 22.5 Å². The summed E-state index contributed by atoms with van der Waals surface area (Å²) in [5.74, 6) is 1.69. The molecular formula is C22H19ClN4O2S. The Bertz CT molecular complexity index is 1130. The SMILES string of the molecule is CN(Cc1ccc(-c2ccc(Cl)cc2)o1)C(=O)CSc1nncn1-c1ccccc1. The van der Waals surface area contributed by atoms with Gasteiger partial charge in [-0.3, -0.25) is 9.36 Å². The van der Waals surface area contributed by atoms with Gasteiger partial charge in [0, 0.05) is 23.3 Å². The van der Waals surface area contributed by atoms with Crippen molar-refractivity contribution in [2.24, 2.45) is 0 Å². The van der Waals surface area contributed by atoms with Crippen LogP contribution in [0.3, 0.4) is 0 Å². The minimum atomic E-state index is -0.0212. The van der Waals surface area contributed by atoms with Gasteiger partial charge in [-0.15, -0.1) is 10.2 Å². The van der Waals surface area contributed by atoms with Gasteiger partial charge < -0.3 is 9.32 Å². The van der Waals surface area contributed by atoms with E-state index in [2.05, 4.69) is 10.2 Å². The summed E-state index contributed by atoms with van der Waals surface area (Å²) in [6, 6.07) is 21.0. The number of hydrogen-bond acceptors (Lipinski definition) is 5. The highest BCUT2D eigenvalue weighted by Gasteiger charge is 2.15. The van der Waals surface area contributed by atoms with Crippen LogP contribution in [0.4, 0.5) is 0 Å². The number of thioether (sulfide) groups is 1. The third kappa shape index (κ3) is 4.75. The Kier molecular flexibility index (Phi) is 6.21. The minimum absolute atomic E-state index is 0.0212. The first-order chi connectivity index (χ1) is 14.6. The molecule has 2 heterocycles. The van der Waals surface area contributed by atoms with Crippen molar-refractivity contribution in [3.63, 3.8) is 0 Å². The van der Waals surface area contributed by atoms with Gasteiger partial charge in [-0.2, -0.15) is 0 Å². The second kappa shape index (κ2) is 9.19. The molecule has 0 unspecified atom stereocenters. The smallest absolute Gasteiger partial charge is 0.233 e. The van der Waals surface area contributed by atoms with Crippen molar-refractivity contribution in [2.45, 2.75) is 11.7 Å². The summed E-state index contributed by atoms with van der Waals surface area (Å²) >= 11 is 7.29. The van der Waals surface area contributed by atoms with Gasteiger partial charge in [-0.05, 0) is 48.5 Å². The Hall–Kier alpha value is -3.03. The lowest BCUT2D eigenvalue weighted by Gasteiger charge is -2.15. The maximum Gasteiger partial charge on any atom is 0.233 e. The van der Waals surface area contributed by atoms with Crippen LogP contribution >= 0.6 is 23.4 Å². The summed E-state index contributed by atoms with van der Waals surface area (Å²) in [4.78, 5) is 14.2. The van der Waals surface area contributed by atoms with Crippen molar-refractivity contribution < 1.29 is 9.21 Å². The molecule has 0 spiro atoms. The topological polar surface area (TPSA) is 64.2 Å². The fraction of sp³-hybridized carbons (Fsp3) is 0.136. The Morgan fingerprint density at radius 3 is 2.63 bits per heavy atom. The molecular weight excluding hydrogens is 420 g/mol. The maximum atomic E-state index is 12.6. The molecule has 0 aliphatic heterocycles. The van der Waals surface area contributed by atoms with Crippen LogP contribution in [0.25, 0.3) is 17.0 Å². The average molecular weight is 439 g/mol. The van der Waals surface area contributed by atoms with E-state index in [-0.39, 0.29) is 11.7 Å². The van der Waals surface area contributed by atoms with E-state index in [0.717, 1.165) is 17.0 Å². The third-order valence-corrected chi connectivity index (χ3v) is 5.66. The summed E-state index contributed by atoms with van der Waals surface area (Å²) in [6.07, 6.45) is 1.65. The van der Waals surface area contributed by atoms with Crippen LogP contribution < -0.4 is 0 Å². The summed E-state index contributed by atoms with van der Waals surface area (Å²) in [5, 5.41) is 9.45. The standard InChI is InChI=1S/C22H19ClN4O2S/c1-26(13-19-11-12-20(29-19)16-7-9-17(23)10-8-16)21(28)14-30-22-25-24-15-27(22)18-5-3-2-4-6-18/h2-12,15H,13-14H2,1H3. The molecule has 0 atom stereocenters. The summed E-state index contributed by atoms with van der Waals surface area (Å²) in [5.41, 5.74) is 1.89. The van der Waals surface area contributed by atoms with Crippen LogP contribution in [-0.4, -0.2) is 38.4 Å². The molecule has 8 heteroatoms. The molecule has 0 aliphatic rings. The van der Waals surface area contributed by atoms with E-state index in [1.165, 1.54) is 11.8 Å². The van der Waals surface area contributed by atoms with Gasteiger partial charge in [0.25, 0.3) is 0 Å². The Labute approximate surface area is 183 Å². The largest absolute Gasteiger partial charge is 0.459 e. The predicted molar refractivity (Wildman–Crippen MR) is 118 cm³/mol. The molecule has 2 aromatic carbocycles. The molecule has 0 saturated heterocycles. The lowest BCUT2D eigenvalue weighted by atomic mass is 10.2. The van der Waals surface area contributed by atoms with E-state index < -0.39 is 0 Å². The van der Waals surface area contributed by atoms with E-state index in [1.807, 2.05) is 71.3 Å². The Morgan fingerprint density at radius 1 is 1.10 bits per heavy atom. The summed E-state index contributed by atoms with van der Waals surface area (Å²) < 4.78 is 7.75. The fourth-order valence-corrected chi connectivity index (χ4v) is 3.87. The van der Waals surface area contributed by atoms with Gasteiger partial charge >= 0.3 is 0 Å². The van der Waals surface area contributed by atoms with Crippen molar-refractivity contribution in [3.8, 4) is 17.0 Å². The summed E-state index contributed by atoms with van der Waals surface area (Å²) in [6.45, 7) is 0.387. The fourth-order valence-electron chi connectivity index (χ4n) is 2.88. The van der Waals surface area contributed by atoms with Crippen LogP contribution in [0.2, 0.25) is 5.02 Å². The normalized spacial score (nSPS) is 10.9. The van der Waals surface area contributed by atoms with Crippen LogP contribution in [0.5, 0.6) is 0 Å². The van der Waals surface area contributed by atoms with Crippen LogP contribution in [-0.2, 0) is 11.3 Å². The third-order valence-electron chi connectivity index (χ3n) is 4.48. The molecule has 2 aromatic heterocycles. The molecule has 1 amide bonds. The van der Waals surface area contributed by atoms with Crippen molar-refractivity contribution in [2.75, 3.05) is 12.8 Å². The zero-order valence-electron chi connectivity index (χ0n) is 16.2. The zero-order chi connectivity index (χ0) is 20.9. The summed E-state index contributed by atoms with van der Waals surface area (Å²) in [7, 11) is 1.76. The van der Waals surface area contributed by atoms with E-state index in [1.54, 1.807) is 18.3 Å². The molecule has 0 aliphatic carbocycles. The number of carbonyl (C=O) groups excluding carboxylic acids is 1. The Balaban J connectivity index is 1.35. The lowest BCUT2D eigenvalue weighted by molar-refractivity contribution is -0.127. The van der Waals surface area contributed by atoms with Gasteiger partial charge in [-0.25, -0.2) is 0 Å². The van der Waals surface area contributed by atoms with Gasteiger partial charge in [-0.1, -0.05) is 41.6 Å². The number of benzene rings is 2. The number of para-hydroxylation sites is 1. The molecule has 0 radical (unpaired) electrons. The van der Waals surface area contributed by atoms with Crippen molar-refractivity contribution in [1.82, 2.24) is 19.7 Å². The first-order valence-corrected chi connectivity index (χ1v) is 10.6. The average Bonchev–Trinajstić information content (AvgIpc) is 3.43. The van der Waals surface area contributed by atoms with Crippen LogP contribution in [0.15, 0.2) is 82.6 Å². The van der Waals surface area contributed by atoms with Crippen molar-refractivity contribution >= 4 is 29.3 Å². The molecule has 4 rings (SSSR count). The Morgan fingerprint density at radius 2 is 1.87 bits per heavy atom. The van der Waals surface area contributed by atoms with Gasteiger partial charge in [0.2, 0.25) is 5.91 Å². The second-order valence-electron chi connectivity index (χ2n) is 6.63. The van der Waals surface area contributed by atoms with Crippen molar-refractivity contribution in [3.05, 3.63) is 83.8 Å². The predicted octanol–water partition coefficient (Wildman–Crippen LogP) is 4.93. The number of halogens is 1. The molecule has 0 bridgehead atoms. The highest BCUT2D eigenvalue weighted by molar-refractivity contribution is 7.99. The van der Waals surface area contributed by atoms with Crippen molar-refractivity contribution in [1.29, 1.82) is 0 Å². The van der Waals surface area contributed by atoms with Crippen LogP contribution in [0.1, 0.15) is 5.76 Å². The maximum absolute atomic E-state index is 12.6. The van der Waals surface area contributed by atoms with Gasteiger partial charge in [0.05, 0.1) is 12.3 Å². The van der Waals surface area contributed by atoms with E-state index in [9.17, 15) is 4.79 Å². The van der Waals surface area contributed by atoms with Gasteiger partial charge in [0.1, 0.15) is 17.8 Å². The number of furan rings is 1. The number of amides is 1. The highest BCUT2D eigenvalue weighted by atomic mass is 35.5. The monoisotopic (exact) mass is 438 g/mol. The van der Waals surface area contributed by atoms with E-state index in [4.69, 9.17) is 16.0 Å².